The van der Waals surface area contributed by atoms with Crippen molar-refractivity contribution in [1.82, 2.24) is 14.6 Å². The summed E-state index contributed by atoms with van der Waals surface area (Å²) in [4.78, 5) is 4.48. The molecule has 0 unspecified atom stereocenters. The first-order valence-corrected chi connectivity index (χ1v) is 6.74. The zero-order valence-corrected chi connectivity index (χ0v) is 11.6. The number of nitrogens with one attached hydrogen (secondary N) is 1. The number of nitrogens with zero attached hydrogens (tertiary/aromatic N) is 3. The third kappa shape index (κ3) is 3.35. The Bertz CT molecular complexity index is 506. The van der Waals surface area contributed by atoms with Crippen LogP contribution in [0.2, 0.25) is 0 Å². The highest BCUT2D eigenvalue weighted by Crippen LogP contribution is 2.23. The Morgan fingerprint density at radius 2 is 2.22 bits per heavy atom. The molecule has 0 radical (unpaired) electrons. The summed E-state index contributed by atoms with van der Waals surface area (Å²) in [6.45, 7) is 5.37. The van der Waals surface area contributed by atoms with Crippen LogP contribution in [0.3, 0.4) is 0 Å². The Morgan fingerprint density at radius 3 is 3.00 bits per heavy atom. The highest BCUT2D eigenvalue weighted by molar-refractivity contribution is 6.17. The predicted molar refractivity (Wildman–Crippen MR) is 75.2 cm³/mol. The number of aromatic nitrogens is 3. The van der Waals surface area contributed by atoms with Gasteiger partial charge in [0.2, 0.25) is 0 Å². The van der Waals surface area contributed by atoms with Gasteiger partial charge in [-0.15, -0.1) is 11.6 Å². The molecule has 0 saturated heterocycles. The molecule has 0 aliphatic heterocycles. The number of hydrogen-bond donors (Lipinski definition) is 1. The molecule has 0 fully saturated rings. The molecule has 0 spiro atoms. The smallest absolute Gasteiger partial charge is 0.157 e. The van der Waals surface area contributed by atoms with Crippen LogP contribution in [0.4, 0.5) is 5.82 Å². The molecule has 18 heavy (non-hydrogen) atoms. The third-order valence-electron chi connectivity index (χ3n) is 2.99. The SMILES string of the molecule is CC(C)(CCCCl)CNc1ccn2nccc2n1. The molecule has 2 heterocycles. The van der Waals surface area contributed by atoms with Crippen LogP contribution >= 0.6 is 11.6 Å². The fraction of sp³-hybridized carbons (Fsp3) is 0.538. The van der Waals surface area contributed by atoms with Crippen LogP contribution in [0.1, 0.15) is 26.7 Å². The van der Waals surface area contributed by atoms with Crippen molar-refractivity contribution in [1.29, 1.82) is 0 Å². The van der Waals surface area contributed by atoms with Gasteiger partial charge in [-0.1, -0.05) is 13.8 Å². The highest BCUT2D eigenvalue weighted by atomic mass is 35.5. The Balaban J connectivity index is 1.96. The minimum Gasteiger partial charge on any atom is -0.369 e. The first-order valence-electron chi connectivity index (χ1n) is 6.21. The van der Waals surface area contributed by atoms with Gasteiger partial charge in [0.1, 0.15) is 5.82 Å². The van der Waals surface area contributed by atoms with Crippen molar-refractivity contribution in [2.75, 3.05) is 17.7 Å². The summed E-state index contributed by atoms with van der Waals surface area (Å²) in [6.07, 6.45) is 5.82. The summed E-state index contributed by atoms with van der Waals surface area (Å²) in [5.41, 5.74) is 1.08. The highest BCUT2D eigenvalue weighted by Gasteiger charge is 2.17. The normalized spacial score (nSPS) is 11.9. The van der Waals surface area contributed by atoms with Gasteiger partial charge in [-0.05, 0) is 24.3 Å². The van der Waals surface area contributed by atoms with Gasteiger partial charge in [0, 0.05) is 24.7 Å². The third-order valence-corrected chi connectivity index (χ3v) is 3.26. The maximum Gasteiger partial charge on any atom is 0.157 e. The molecule has 4 nitrogen and oxygen atoms in total. The fourth-order valence-electron chi connectivity index (χ4n) is 1.87. The van der Waals surface area contributed by atoms with E-state index in [4.69, 9.17) is 11.6 Å². The topological polar surface area (TPSA) is 42.2 Å². The maximum absolute atomic E-state index is 5.74. The van der Waals surface area contributed by atoms with Gasteiger partial charge in [-0.2, -0.15) is 5.10 Å². The summed E-state index contributed by atoms with van der Waals surface area (Å²) in [5.74, 6) is 1.62. The molecule has 2 aromatic heterocycles. The van der Waals surface area contributed by atoms with E-state index in [9.17, 15) is 0 Å². The molecule has 1 N–H and O–H groups in total. The molecule has 0 aromatic carbocycles. The second-order valence-corrected chi connectivity index (χ2v) is 5.64. The van der Waals surface area contributed by atoms with Crippen LogP contribution in [-0.2, 0) is 0 Å². The number of rotatable bonds is 6. The van der Waals surface area contributed by atoms with Gasteiger partial charge in [-0.3, -0.25) is 0 Å². The molecule has 2 aromatic rings. The van der Waals surface area contributed by atoms with Gasteiger partial charge in [-0.25, -0.2) is 9.50 Å². The van der Waals surface area contributed by atoms with E-state index in [0.717, 1.165) is 36.7 Å². The molecular formula is C13H19ClN4. The maximum atomic E-state index is 5.74. The second-order valence-electron chi connectivity index (χ2n) is 5.26. The Hall–Kier alpha value is -1.29. The van der Waals surface area contributed by atoms with Crippen LogP contribution in [0.15, 0.2) is 24.5 Å². The van der Waals surface area contributed by atoms with Crippen LogP contribution in [0, 0.1) is 5.41 Å². The van der Waals surface area contributed by atoms with Gasteiger partial charge in [0.05, 0.1) is 6.20 Å². The summed E-state index contributed by atoms with van der Waals surface area (Å²) in [6, 6.07) is 3.83. The molecule has 0 amide bonds. The Morgan fingerprint density at radius 1 is 1.39 bits per heavy atom. The van der Waals surface area contributed by atoms with E-state index in [1.807, 2.05) is 18.3 Å². The first kappa shape index (κ1) is 13.1. The summed E-state index contributed by atoms with van der Waals surface area (Å²) in [5, 5.41) is 7.50. The van der Waals surface area contributed by atoms with Crippen LogP contribution in [-0.4, -0.2) is 27.0 Å². The second kappa shape index (κ2) is 5.57. The number of halogens is 1. The summed E-state index contributed by atoms with van der Waals surface area (Å²) in [7, 11) is 0. The van der Waals surface area contributed by atoms with Crippen molar-refractivity contribution in [3.63, 3.8) is 0 Å². The van der Waals surface area contributed by atoms with Crippen molar-refractivity contribution in [2.24, 2.45) is 5.41 Å². The van der Waals surface area contributed by atoms with Crippen molar-refractivity contribution < 1.29 is 0 Å². The van der Waals surface area contributed by atoms with E-state index in [0.29, 0.717) is 0 Å². The largest absolute Gasteiger partial charge is 0.369 e. The molecule has 0 aliphatic carbocycles. The zero-order chi connectivity index (χ0) is 13.0. The molecule has 0 aliphatic rings. The van der Waals surface area contributed by atoms with E-state index in [1.54, 1.807) is 10.7 Å². The standard InChI is InChI=1S/C13H19ClN4/c1-13(2,6-3-7-14)10-15-11-5-9-18-12(17-11)4-8-16-18/h4-5,8-9H,3,6-7,10H2,1-2H3,(H,15,17). The van der Waals surface area contributed by atoms with E-state index in [1.165, 1.54) is 0 Å². The molecule has 2 rings (SSSR count). The summed E-state index contributed by atoms with van der Waals surface area (Å²) < 4.78 is 1.75. The quantitative estimate of drug-likeness (QED) is 0.817. The number of fused-ring (bicyclic) bond motifs is 1. The Kier molecular flexibility index (Phi) is 4.07. The van der Waals surface area contributed by atoms with E-state index in [2.05, 4.69) is 29.2 Å². The van der Waals surface area contributed by atoms with Crippen LogP contribution < -0.4 is 5.32 Å². The minimum atomic E-state index is 0.225. The van der Waals surface area contributed by atoms with Gasteiger partial charge >= 0.3 is 0 Å². The van der Waals surface area contributed by atoms with E-state index < -0.39 is 0 Å². The molecular weight excluding hydrogens is 248 g/mol. The van der Waals surface area contributed by atoms with Crippen molar-refractivity contribution in [3.8, 4) is 0 Å². The average molecular weight is 267 g/mol. The van der Waals surface area contributed by atoms with Crippen molar-refractivity contribution >= 4 is 23.1 Å². The number of anilines is 1. The first-order chi connectivity index (χ1) is 8.61. The molecule has 98 valence electrons. The molecule has 0 bridgehead atoms. The number of alkyl halides is 1. The monoisotopic (exact) mass is 266 g/mol. The molecule has 0 atom stereocenters. The lowest BCUT2D eigenvalue weighted by Crippen LogP contribution is -2.23. The van der Waals surface area contributed by atoms with Gasteiger partial charge < -0.3 is 5.32 Å². The van der Waals surface area contributed by atoms with Crippen molar-refractivity contribution in [2.45, 2.75) is 26.7 Å². The average Bonchev–Trinajstić information content (AvgIpc) is 2.81. The van der Waals surface area contributed by atoms with Crippen LogP contribution in [0.5, 0.6) is 0 Å². The van der Waals surface area contributed by atoms with E-state index >= 15 is 0 Å². The number of hydrogen-bond acceptors (Lipinski definition) is 3. The fourth-order valence-corrected chi connectivity index (χ4v) is 2.01. The van der Waals surface area contributed by atoms with Crippen molar-refractivity contribution in [3.05, 3.63) is 24.5 Å². The zero-order valence-electron chi connectivity index (χ0n) is 10.9. The molecule has 0 saturated carbocycles. The van der Waals surface area contributed by atoms with Gasteiger partial charge in [0.15, 0.2) is 5.65 Å². The lowest BCUT2D eigenvalue weighted by molar-refractivity contribution is 0.355. The lowest BCUT2D eigenvalue weighted by atomic mass is 9.88. The van der Waals surface area contributed by atoms with Crippen LogP contribution in [0.25, 0.3) is 5.65 Å². The Labute approximate surface area is 112 Å². The van der Waals surface area contributed by atoms with E-state index in [-0.39, 0.29) is 5.41 Å². The van der Waals surface area contributed by atoms with Gasteiger partial charge in [0.25, 0.3) is 0 Å². The lowest BCUT2D eigenvalue weighted by Gasteiger charge is -2.24. The minimum absolute atomic E-state index is 0.225. The predicted octanol–water partition coefficient (Wildman–Crippen LogP) is 3.19. The molecule has 5 heteroatoms. The summed E-state index contributed by atoms with van der Waals surface area (Å²) >= 11 is 5.74.